The van der Waals surface area contributed by atoms with Gasteiger partial charge in [0.15, 0.2) is 0 Å². The zero-order chi connectivity index (χ0) is 12.7. The lowest BCUT2D eigenvalue weighted by atomic mass is 9.99. The zero-order valence-electron chi connectivity index (χ0n) is 10.6. The van der Waals surface area contributed by atoms with Crippen molar-refractivity contribution in [1.82, 2.24) is 5.32 Å². The molecule has 93 valence electrons. The van der Waals surface area contributed by atoms with Gasteiger partial charge in [-0.2, -0.15) is 0 Å². The van der Waals surface area contributed by atoms with Crippen LogP contribution in [0.1, 0.15) is 40.5 Å². The van der Waals surface area contributed by atoms with E-state index in [4.69, 9.17) is 5.73 Å². The van der Waals surface area contributed by atoms with Crippen LogP contribution in [0, 0.1) is 11.8 Å². The van der Waals surface area contributed by atoms with Crippen molar-refractivity contribution >= 4 is 12.2 Å². The number of hydrogen-bond acceptors (Lipinski definition) is 3. The predicted molar refractivity (Wildman–Crippen MR) is 64.5 cm³/mol. The summed E-state index contributed by atoms with van der Waals surface area (Å²) in [5.74, 6) is 0.193. The second-order valence-corrected chi connectivity index (χ2v) is 4.73. The first-order valence-electron chi connectivity index (χ1n) is 5.85. The molecule has 0 aromatic carbocycles. The number of hydrogen-bond donors (Lipinski definition) is 2. The minimum absolute atomic E-state index is 0.0905. The van der Waals surface area contributed by atoms with Crippen molar-refractivity contribution in [3.63, 3.8) is 0 Å². The summed E-state index contributed by atoms with van der Waals surface area (Å²) in [6.07, 6.45) is 3.30. The Labute approximate surface area is 98.0 Å². The fraction of sp³-hybridized carbons (Fsp3) is 0.833. The van der Waals surface area contributed by atoms with Crippen molar-refractivity contribution < 1.29 is 9.59 Å². The molecule has 0 rings (SSSR count). The number of nitrogens with one attached hydrogen (secondary N) is 1. The fourth-order valence-corrected chi connectivity index (χ4v) is 1.40. The number of amides is 1. The van der Waals surface area contributed by atoms with Crippen molar-refractivity contribution in [3.8, 4) is 0 Å². The first-order chi connectivity index (χ1) is 7.42. The Morgan fingerprint density at radius 3 is 2.31 bits per heavy atom. The van der Waals surface area contributed by atoms with Crippen molar-refractivity contribution in [2.75, 3.05) is 0 Å². The highest BCUT2D eigenvalue weighted by atomic mass is 16.2. The molecule has 0 bridgehead atoms. The number of carbonyl (C=O) groups excluding carboxylic acids is 2. The van der Waals surface area contributed by atoms with Gasteiger partial charge in [0.25, 0.3) is 0 Å². The molecule has 0 aliphatic carbocycles. The Hall–Kier alpha value is -0.900. The number of rotatable bonds is 7. The average Bonchev–Trinajstić information content (AvgIpc) is 2.23. The highest BCUT2D eigenvalue weighted by molar-refractivity contribution is 5.84. The SMILES string of the molecule is CC[C@@H](C)[C@H]([C]=O)NC(=O)[C@H](N)CC(C)C. The minimum Gasteiger partial charge on any atom is -0.344 e. The van der Waals surface area contributed by atoms with E-state index in [0.717, 1.165) is 6.42 Å². The molecule has 3 N–H and O–H groups in total. The van der Waals surface area contributed by atoms with Gasteiger partial charge in [-0.05, 0) is 18.3 Å². The van der Waals surface area contributed by atoms with E-state index in [1.165, 1.54) is 0 Å². The molecule has 4 nitrogen and oxygen atoms in total. The van der Waals surface area contributed by atoms with E-state index in [0.29, 0.717) is 12.3 Å². The maximum Gasteiger partial charge on any atom is 0.237 e. The summed E-state index contributed by atoms with van der Waals surface area (Å²) in [4.78, 5) is 22.4. The highest BCUT2D eigenvalue weighted by Gasteiger charge is 2.22. The van der Waals surface area contributed by atoms with Crippen molar-refractivity contribution in [1.29, 1.82) is 0 Å². The van der Waals surface area contributed by atoms with Crippen LogP contribution >= 0.6 is 0 Å². The first-order valence-corrected chi connectivity index (χ1v) is 5.85. The number of carbonyl (C=O) groups is 1. The lowest BCUT2D eigenvalue weighted by Crippen LogP contribution is -2.48. The van der Waals surface area contributed by atoms with Crippen LogP contribution in [0.15, 0.2) is 0 Å². The molecule has 1 amide bonds. The maximum atomic E-state index is 11.7. The fourth-order valence-electron chi connectivity index (χ4n) is 1.40. The van der Waals surface area contributed by atoms with E-state index < -0.39 is 12.1 Å². The summed E-state index contributed by atoms with van der Waals surface area (Å²) in [6.45, 7) is 7.88. The topological polar surface area (TPSA) is 72.2 Å². The van der Waals surface area contributed by atoms with Gasteiger partial charge in [0.1, 0.15) is 0 Å². The first kappa shape index (κ1) is 15.1. The molecule has 0 aliphatic rings. The molecule has 3 atom stereocenters. The molecule has 0 spiro atoms. The van der Waals surface area contributed by atoms with Crippen LogP contribution in [0.3, 0.4) is 0 Å². The average molecular weight is 227 g/mol. The minimum atomic E-state index is -0.546. The molecule has 1 radical (unpaired) electrons. The summed E-state index contributed by atoms with van der Waals surface area (Å²) >= 11 is 0. The third-order valence-corrected chi connectivity index (χ3v) is 2.70. The van der Waals surface area contributed by atoms with Crippen LogP contribution < -0.4 is 11.1 Å². The number of nitrogens with two attached hydrogens (primary N) is 1. The van der Waals surface area contributed by atoms with E-state index in [9.17, 15) is 9.59 Å². The van der Waals surface area contributed by atoms with Gasteiger partial charge in [-0.1, -0.05) is 34.1 Å². The van der Waals surface area contributed by atoms with Gasteiger partial charge in [0.05, 0.1) is 12.1 Å². The van der Waals surface area contributed by atoms with E-state index >= 15 is 0 Å². The van der Waals surface area contributed by atoms with Crippen molar-refractivity contribution in [2.24, 2.45) is 17.6 Å². The third kappa shape index (κ3) is 5.26. The van der Waals surface area contributed by atoms with Crippen LogP contribution in [0.4, 0.5) is 0 Å². The van der Waals surface area contributed by atoms with Crippen LogP contribution in [0.2, 0.25) is 0 Å². The van der Waals surface area contributed by atoms with E-state index in [-0.39, 0.29) is 11.8 Å². The molecule has 0 fully saturated rings. The molecule has 0 aromatic heterocycles. The van der Waals surface area contributed by atoms with Crippen molar-refractivity contribution in [3.05, 3.63) is 0 Å². The lowest BCUT2D eigenvalue weighted by molar-refractivity contribution is -0.123. The smallest absolute Gasteiger partial charge is 0.237 e. The Bertz CT molecular complexity index is 229. The Balaban J connectivity index is 4.24. The second kappa shape index (κ2) is 7.39. The van der Waals surface area contributed by atoms with Gasteiger partial charge in [0, 0.05) is 0 Å². The van der Waals surface area contributed by atoms with E-state index in [2.05, 4.69) is 5.32 Å². The monoisotopic (exact) mass is 227 g/mol. The van der Waals surface area contributed by atoms with E-state index in [1.54, 1.807) is 0 Å². The quantitative estimate of drug-likeness (QED) is 0.681. The normalized spacial score (nSPS) is 16.6. The molecular formula is C12H23N2O2. The van der Waals surface area contributed by atoms with Gasteiger partial charge in [-0.15, -0.1) is 0 Å². The summed E-state index contributed by atoms with van der Waals surface area (Å²) < 4.78 is 0. The molecule has 0 saturated carbocycles. The van der Waals surface area contributed by atoms with Crippen molar-refractivity contribution in [2.45, 2.75) is 52.6 Å². The Morgan fingerprint density at radius 1 is 1.38 bits per heavy atom. The van der Waals surface area contributed by atoms with Gasteiger partial charge in [-0.25, -0.2) is 0 Å². The van der Waals surface area contributed by atoms with Crippen LogP contribution in [-0.4, -0.2) is 24.3 Å². The highest BCUT2D eigenvalue weighted by Crippen LogP contribution is 2.07. The van der Waals surface area contributed by atoms with Crippen LogP contribution in [0.5, 0.6) is 0 Å². The molecule has 0 aromatic rings. The third-order valence-electron chi connectivity index (χ3n) is 2.70. The zero-order valence-corrected chi connectivity index (χ0v) is 10.6. The second-order valence-electron chi connectivity index (χ2n) is 4.73. The predicted octanol–water partition coefficient (Wildman–Crippen LogP) is 1.00. The maximum absolute atomic E-state index is 11.7. The lowest BCUT2D eigenvalue weighted by Gasteiger charge is -2.21. The molecular weight excluding hydrogens is 204 g/mol. The molecule has 16 heavy (non-hydrogen) atoms. The summed E-state index contributed by atoms with van der Waals surface area (Å²) in [6, 6.07) is -1.09. The largest absolute Gasteiger partial charge is 0.344 e. The van der Waals surface area contributed by atoms with E-state index in [1.807, 2.05) is 34.0 Å². The summed E-state index contributed by atoms with van der Waals surface area (Å²) in [5.41, 5.74) is 5.72. The molecule has 0 aliphatic heterocycles. The van der Waals surface area contributed by atoms with Crippen LogP contribution in [0.25, 0.3) is 0 Å². The van der Waals surface area contributed by atoms with Gasteiger partial charge in [-0.3, -0.25) is 9.59 Å². The van der Waals surface area contributed by atoms with Crippen LogP contribution in [-0.2, 0) is 9.59 Å². The summed E-state index contributed by atoms with van der Waals surface area (Å²) in [7, 11) is 0. The Morgan fingerprint density at radius 2 is 1.94 bits per heavy atom. The van der Waals surface area contributed by atoms with Gasteiger partial charge >= 0.3 is 0 Å². The standard InChI is InChI=1S/C12H23N2O2/c1-5-9(4)11(7-15)14-12(16)10(13)6-8(2)3/h8-11H,5-6,13H2,1-4H3,(H,14,16)/t9-,10-,11+/m1/s1. The summed E-state index contributed by atoms with van der Waals surface area (Å²) in [5, 5.41) is 2.63. The molecule has 4 heteroatoms. The van der Waals surface area contributed by atoms with Gasteiger partial charge < -0.3 is 11.1 Å². The molecule has 0 saturated heterocycles. The Kier molecular flexibility index (Phi) is 6.97. The van der Waals surface area contributed by atoms with Gasteiger partial charge in [0.2, 0.25) is 12.2 Å². The molecule has 0 heterocycles. The molecule has 0 unspecified atom stereocenters.